The van der Waals surface area contributed by atoms with Gasteiger partial charge in [0.15, 0.2) is 5.82 Å². The third-order valence-electron chi connectivity index (χ3n) is 3.20. The molecule has 2 rings (SSSR count). The van der Waals surface area contributed by atoms with Crippen molar-refractivity contribution in [1.29, 1.82) is 0 Å². The first-order valence-corrected chi connectivity index (χ1v) is 6.85. The minimum Gasteiger partial charge on any atom is -0.465 e. The van der Waals surface area contributed by atoms with Crippen molar-refractivity contribution in [2.24, 2.45) is 0 Å². The zero-order valence-electron chi connectivity index (χ0n) is 11.4. The molecule has 6 heteroatoms. The molecule has 0 spiro atoms. The fourth-order valence-corrected chi connectivity index (χ4v) is 2.19. The summed E-state index contributed by atoms with van der Waals surface area (Å²) in [6.07, 6.45) is 3.51. The van der Waals surface area contributed by atoms with Gasteiger partial charge in [0, 0.05) is 13.0 Å². The van der Waals surface area contributed by atoms with Crippen LogP contribution in [0.1, 0.15) is 50.7 Å². The molecule has 1 aromatic rings. The Morgan fingerprint density at radius 2 is 2.37 bits per heavy atom. The predicted octanol–water partition coefficient (Wildman–Crippen LogP) is 1.85. The van der Waals surface area contributed by atoms with E-state index in [1.807, 2.05) is 6.92 Å². The Morgan fingerprint density at radius 1 is 1.53 bits per heavy atom. The van der Waals surface area contributed by atoms with Crippen molar-refractivity contribution in [3.8, 4) is 0 Å². The van der Waals surface area contributed by atoms with E-state index in [0.29, 0.717) is 31.2 Å². The zero-order chi connectivity index (χ0) is 13.7. The Bertz CT molecular complexity index is 413. The van der Waals surface area contributed by atoms with E-state index in [9.17, 15) is 4.79 Å². The molecule has 1 fully saturated rings. The van der Waals surface area contributed by atoms with Crippen molar-refractivity contribution in [1.82, 2.24) is 10.1 Å². The van der Waals surface area contributed by atoms with Gasteiger partial charge in [-0.1, -0.05) is 12.1 Å². The number of aromatic nitrogens is 2. The van der Waals surface area contributed by atoms with Gasteiger partial charge in [0.05, 0.1) is 12.7 Å². The molecular formula is C13H20N2O4. The van der Waals surface area contributed by atoms with Gasteiger partial charge in [-0.3, -0.25) is 4.79 Å². The van der Waals surface area contributed by atoms with Crippen molar-refractivity contribution in [2.75, 3.05) is 13.2 Å². The molecule has 0 saturated carbocycles. The van der Waals surface area contributed by atoms with Crippen LogP contribution in [0.15, 0.2) is 4.52 Å². The number of hydrogen-bond acceptors (Lipinski definition) is 6. The van der Waals surface area contributed by atoms with Crippen molar-refractivity contribution in [3.05, 3.63) is 11.7 Å². The van der Waals surface area contributed by atoms with Gasteiger partial charge in [0.1, 0.15) is 5.92 Å². The number of rotatable bonds is 6. The maximum absolute atomic E-state index is 11.8. The fourth-order valence-electron chi connectivity index (χ4n) is 2.19. The fraction of sp³-hybridized carbons (Fsp3) is 0.769. The number of carbonyl (C=O) groups is 1. The Labute approximate surface area is 112 Å². The second kappa shape index (κ2) is 6.65. The molecule has 2 heterocycles. The molecule has 0 aromatic carbocycles. The van der Waals surface area contributed by atoms with Crippen LogP contribution in [0.25, 0.3) is 0 Å². The molecule has 1 saturated heterocycles. The summed E-state index contributed by atoms with van der Waals surface area (Å²) < 4.78 is 15.7. The van der Waals surface area contributed by atoms with Crippen molar-refractivity contribution in [3.63, 3.8) is 0 Å². The summed E-state index contributed by atoms with van der Waals surface area (Å²) in [5.41, 5.74) is 0. The minimum absolute atomic E-state index is 0.174. The maximum atomic E-state index is 11.8. The highest BCUT2D eigenvalue weighted by Crippen LogP contribution is 2.21. The van der Waals surface area contributed by atoms with Crippen LogP contribution in [-0.4, -0.2) is 35.4 Å². The first-order valence-electron chi connectivity index (χ1n) is 6.85. The molecule has 0 radical (unpaired) electrons. The van der Waals surface area contributed by atoms with Crippen LogP contribution >= 0.6 is 0 Å². The van der Waals surface area contributed by atoms with Crippen LogP contribution in [0.3, 0.4) is 0 Å². The standard InChI is InChI=1S/C13H20N2O4/c1-3-10(13(16)17-4-2)12-14-11(15-19-12)8-9-6-5-7-18-9/h9-10H,3-8H2,1-2H3. The van der Waals surface area contributed by atoms with Crippen LogP contribution < -0.4 is 0 Å². The molecule has 2 atom stereocenters. The summed E-state index contributed by atoms with van der Waals surface area (Å²) in [5, 5.41) is 3.92. The second-order valence-electron chi connectivity index (χ2n) is 4.60. The third-order valence-corrected chi connectivity index (χ3v) is 3.20. The SMILES string of the molecule is CCOC(=O)C(CC)c1nc(CC2CCCO2)no1. The second-order valence-corrected chi connectivity index (χ2v) is 4.60. The highest BCUT2D eigenvalue weighted by molar-refractivity contribution is 5.76. The Balaban J connectivity index is 1.99. The average Bonchev–Trinajstić information content (AvgIpc) is 3.03. The van der Waals surface area contributed by atoms with Gasteiger partial charge in [-0.15, -0.1) is 0 Å². The summed E-state index contributed by atoms with van der Waals surface area (Å²) in [5.74, 6) is 0.168. The summed E-state index contributed by atoms with van der Waals surface area (Å²) in [6.45, 7) is 4.83. The van der Waals surface area contributed by atoms with Gasteiger partial charge in [0.25, 0.3) is 0 Å². The third kappa shape index (κ3) is 3.53. The summed E-state index contributed by atoms with van der Waals surface area (Å²) in [7, 11) is 0. The van der Waals surface area contributed by atoms with Crippen LogP contribution in [-0.2, 0) is 20.7 Å². The first-order chi connectivity index (χ1) is 9.24. The molecule has 1 aliphatic rings. The van der Waals surface area contributed by atoms with Gasteiger partial charge in [-0.2, -0.15) is 4.98 Å². The van der Waals surface area contributed by atoms with Crippen LogP contribution in [0, 0.1) is 0 Å². The molecule has 1 aliphatic heterocycles. The molecular weight excluding hydrogens is 248 g/mol. The Kier molecular flexibility index (Phi) is 4.90. The monoisotopic (exact) mass is 268 g/mol. The first kappa shape index (κ1) is 14.0. The van der Waals surface area contributed by atoms with Crippen molar-refractivity contribution >= 4 is 5.97 Å². The van der Waals surface area contributed by atoms with E-state index in [2.05, 4.69) is 10.1 Å². The van der Waals surface area contributed by atoms with E-state index in [1.54, 1.807) is 6.92 Å². The van der Waals surface area contributed by atoms with Gasteiger partial charge >= 0.3 is 5.97 Å². The van der Waals surface area contributed by atoms with Gasteiger partial charge in [-0.05, 0) is 26.2 Å². The lowest BCUT2D eigenvalue weighted by Crippen LogP contribution is -2.16. The van der Waals surface area contributed by atoms with E-state index in [0.717, 1.165) is 19.4 Å². The smallest absolute Gasteiger partial charge is 0.318 e. The van der Waals surface area contributed by atoms with Crippen LogP contribution in [0.4, 0.5) is 0 Å². The largest absolute Gasteiger partial charge is 0.465 e. The van der Waals surface area contributed by atoms with E-state index in [1.165, 1.54) is 0 Å². The van der Waals surface area contributed by atoms with Crippen LogP contribution in [0.5, 0.6) is 0 Å². The van der Waals surface area contributed by atoms with E-state index in [4.69, 9.17) is 14.0 Å². The van der Waals surface area contributed by atoms with E-state index in [-0.39, 0.29) is 12.1 Å². The lowest BCUT2D eigenvalue weighted by Gasteiger charge is -2.08. The summed E-state index contributed by atoms with van der Waals surface area (Å²) >= 11 is 0. The molecule has 1 aromatic heterocycles. The topological polar surface area (TPSA) is 74.5 Å². The number of carbonyl (C=O) groups excluding carboxylic acids is 1. The molecule has 0 bridgehead atoms. The average molecular weight is 268 g/mol. The lowest BCUT2D eigenvalue weighted by molar-refractivity contribution is -0.145. The van der Waals surface area contributed by atoms with E-state index < -0.39 is 5.92 Å². The van der Waals surface area contributed by atoms with Crippen LogP contribution in [0.2, 0.25) is 0 Å². The zero-order valence-corrected chi connectivity index (χ0v) is 11.4. The maximum Gasteiger partial charge on any atom is 0.318 e. The van der Waals surface area contributed by atoms with Gasteiger partial charge in [0.2, 0.25) is 5.89 Å². The highest BCUT2D eigenvalue weighted by atomic mass is 16.5. The molecule has 106 valence electrons. The lowest BCUT2D eigenvalue weighted by atomic mass is 10.1. The molecule has 6 nitrogen and oxygen atoms in total. The van der Waals surface area contributed by atoms with Crippen molar-refractivity contribution < 1.29 is 18.8 Å². The predicted molar refractivity (Wildman–Crippen MR) is 66.6 cm³/mol. The normalized spacial score (nSPS) is 20.4. The molecule has 0 amide bonds. The molecule has 19 heavy (non-hydrogen) atoms. The molecule has 0 N–H and O–H groups in total. The molecule has 2 unspecified atom stereocenters. The molecule has 0 aliphatic carbocycles. The Morgan fingerprint density at radius 3 is 3.00 bits per heavy atom. The number of ether oxygens (including phenoxy) is 2. The summed E-state index contributed by atoms with van der Waals surface area (Å²) in [6, 6.07) is 0. The number of hydrogen-bond donors (Lipinski definition) is 0. The minimum atomic E-state index is -0.467. The quantitative estimate of drug-likeness (QED) is 0.733. The van der Waals surface area contributed by atoms with E-state index >= 15 is 0 Å². The van der Waals surface area contributed by atoms with Gasteiger partial charge < -0.3 is 14.0 Å². The highest BCUT2D eigenvalue weighted by Gasteiger charge is 2.27. The number of nitrogens with zero attached hydrogens (tertiary/aromatic N) is 2. The number of esters is 1. The Hall–Kier alpha value is -1.43. The summed E-state index contributed by atoms with van der Waals surface area (Å²) in [4.78, 5) is 16.0. The van der Waals surface area contributed by atoms with Gasteiger partial charge in [-0.25, -0.2) is 0 Å². The van der Waals surface area contributed by atoms with Crippen molar-refractivity contribution in [2.45, 2.75) is 51.6 Å².